The molecule has 3 aromatic rings. The second kappa shape index (κ2) is 8.36. The molecule has 0 spiro atoms. The molecular weight excluding hydrogens is 416 g/mol. The Kier molecular flexibility index (Phi) is 5.77. The zero-order valence-electron chi connectivity index (χ0n) is 17.8. The van der Waals surface area contributed by atoms with Gasteiger partial charge in [-0.2, -0.15) is 0 Å². The zero-order chi connectivity index (χ0) is 22.2. The molecule has 1 N–H and O–H groups in total. The first-order valence-electron chi connectivity index (χ1n) is 10.3. The lowest BCUT2D eigenvalue weighted by molar-refractivity contribution is 0.0526. The quantitative estimate of drug-likeness (QED) is 0.598. The van der Waals surface area contributed by atoms with E-state index >= 15 is 0 Å². The number of hydrogen-bond acceptors (Lipinski definition) is 4. The number of esters is 1. The minimum atomic E-state index is -0.666. The number of amides is 1. The molecule has 0 aliphatic carbocycles. The van der Waals surface area contributed by atoms with Crippen LogP contribution in [0.1, 0.15) is 45.3 Å². The van der Waals surface area contributed by atoms with Crippen LogP contribution < -0.4 is 5.32 Å². The first kappa shape index (κ1) is 21.4. The SMILES string of the molecule is CCOC(=O)c1ccc(C2(NC(=O)c3cc4c(Cl)c(C)ccc4n3C)CCOC2)cc1. The number of halogens is 1. The number of aromatic nitrogens is 1. The van der Waals surface area contributed by atoms with E-state index in [9.17, 15) is 9.59 Å². The lowest BCUT2D eigenvalue weighted by Crippen LogP contribution is -2.47. The molecule has 31 heavy (non-hydrogen) atoms. The molecule has 1 amide bonds. The number of aryl methyl sites for hydroxylation is 2. The van der Waals surface area contributed by atoms with Gasteiger partial charge < -0.3 is 19.4 Å². The summed E-state index contributed by atoms with van der Waals surface area (Å²) in [7, 11) is 1.86. The molecule has 0 radical (unpaired) electrons. The van der Waals surface area contributed by atoms with Crippen molar-refractivity contribution in [2.75, 3.05) is 19.8 Å². The van der Waals surface area contributed by atoms with Gasteiger partial charge in [0, 0.05) is 31.0 Å². The number of carbonyl (C=O) groups excluding carboxylic acids is 2. The van der Waals surface area contributed by atoms with Gasteiger partial charge in [-0.3, -0.25) is 4.79 Å². The third-order valence-electron chi connectivity index (χ3n) is 5.91. The molecule has 6 nitrogen and oxygen atoms in total. The molecule has 4 rings (SSSR count). The standard InChI is InChI=1S/C24H25ClN2O4/c1-4-31-23(29)16-6-8-17(9-7-16)24(11-12-30-14-24)26-22(28)20-13-18-19(27(20)3)10-5-15(2)21(18)25/h5-10,13H,4,11-12,14H2,1-3H3,(H,26,28). The van der Waals surface area contributed by atoms with Gasteiger partial charge in [0.2, 0.25) is 0 Å². The van der Waals surface area contributed by atoms with Crippen LogP contribution in [0, 0.1) is 6.92 Å². The number of nitrogens with one attached hydrogen (secondary N) is 1. The average molecular weight is 441 g/mol. The summed E-state index contributed by atoms with van der Waals surface area (Å²) >= 11 is 6.47. The van der Waals surface area contributed by atoms with Crippen LogP contribution in [-0.4, -0.2) is 36.3 Å². The van der Waals surface area contributed by atoms with E-state index in [-0.39, 0.29) is 11.9 Å². The maximum absolute atomic E-state index is 13.3. The smallest absolute Gasteiger partial charge is 0.338 e. The van der Waals surface area contributed by atoms with Crippen LogP contribution in [0.4, 0.5) is 0 Å². The second-order valence-electron chi connectivity index (χ2n) is 7.85. The lowest BCUT2D eigenvalue weighted by atomic mass is 9.88. The molecule has 7 heteroatoms. The number of hydrogen-bond donors (Lipinski definition) is 1. The Labute approximate surface area is 186 Å². The third-order valence-corrected chi connectivity index (χ3v) is 6.41. The van der Waals surface area contributed by atoms with Crippen molar-refractivity contribution in [3.05, 3.63) is 69.9 Å². The minimum Gasteiger partial charge on any atom is -0.462 e. The van der Waals surface area contributed by atoms with Gasteiger partial charge in [-0.05, 0) is 49.2 Å². The summed E-state index contributed by atoms with van der Waals surface area (Å²) in [6.45, 7) is 4.94. The Morgan fingerprint density at radius 3 is 2.61 bits per heavy atom. The Balaban J connectivity index is 1.65. The van der Waals surface area contributed by atoms with Crippen molar-refractivity contribution in [1.82, 2.24) is 9.88 Å². The van der Waals surface area contributed by atoms with Gasteiger partial charge in [-0.1, -0.05) is 29.8 Å². The molecule has 0 bridgehead atoms. The van der Waals surface area contributed by atoms with Crippen LogP contribution in [-0.2, 0) is 22.1 Å². The lowest BCUT2D eigenvalue weighted by Gasteiger charge is -2.29. The van der Waals surface area contributed by atoms with E-state index in [0.29, 0.717) is 42.5 Å². The van der Waals surface area contributed by atoms with Gasteiger partial charge in [0.15, 0.2) is 0 Å². The van der Waals surface area contributed by atoms with E-state index in [4.69, 9.17) is 21.1 Å². The van der Waals surface area contributed by atoms with E-state index in [1.54, 1.807) is 19.1 Å². The Bertz CT molecular complexity index is 1140. The molecule has 2 aromatic carbocycles. The molecule has 1 saturated heterocycles. The molecule has 1 aliphatic rings. The van der Waals surface area contributed by atoms with Crippen molar-refractivity contribution in [1.29, 1.82) is 0 Å². The van der Waals surface area contributed by atoms with E-state index in [1.165, 1.54) is 0 Å². The second-order valence-corrected chi connectivity index (χ2v) is 8.23. The highest BCUT2D eigenvalue weighted by Gasteiger charge is 2.39. The summed E-state index contributed by atoms with van der Waals surface area (Å²) in [5.74, 6) is -0.565. The number of ether oxygens (including phenoxy) is 2. The Morgan fingerprint density at radius 2 is 1.97 bits per heavy atom. The molecule has 2 heterocycles. The molecule has 1 aromatic heterocycles. The number of benzene rings is 2. The number of nitrogens with zero attached hydrogens (tertiary/aromatic N) is 1. The predicted octanol–water partition coefficient (Wildman–Crippen LogP) is 4.36. The van der Waals surface area contributed by atoms with E-state index < -0.39 is 5.54 Å². The maximum Gasteiger partial charge on any atom is 0.338 e. The maximum atomic E-state index is 13.3. The minimum absolute atomic E-state index is 0.201. The van der Waals surface area contributed by atoms with Crippen molar-refractivity contribution in [2.24, 2.45) is 7.05 Å². The average Bonchev–Trinajstić information content (AvgIpc) is 3.37. The van der Waals surface area contributed by atoms with E-state index in [2.05, 4.69) is 5.32 Å². The molecule has 162 valence electrons. The number of carbonyl (C=O) groups is 2. The normalized spacial score (nSPS) is 18.3. The summed E-state index contributed by atoms with van der Waals surface area (Å²) in [4.78, 5) is 25.3. The van der Waals surface area contributed by atoms with Crippen molar-refractivity contribution < 1.29 is 19.1 Å². The van der Waals surface area contributed by atoms with Crippen LogP contribution in [0.3, 0.4) is 0 Å². The summed E-state index contributed by atoms with van der Waals surface area (Å²) in [6, 6.07) is 12.9. The highest BCUT2D eigenvalue weighted by atomic mass is 35.5. The molecular formula is C24H25ClN2O4. The fourth-order valence-corrected chi connectivity index (χ4v) is 4.30. The monoisotopic (exact) mass is 440 g/mol. The summed E-state index contributed by atoms with van der Waals surface area (Å²) in [5.41, 5.74) is 3.09. The topological polar surface area (TPSA) is 69.6 Å². The highest BCUT2D eigenvalue weighted by molar-refractivity contribution is 6.36. The van der Waals surface area contributed by atoms with Gasteiger partial charge in [0.1, 0.15) is 5.69 Å². The zero-order valence-corrected chi connectivity index (χ0v) is 18.6. The largest absolute Gasteiger partial charge is 0.462 e. The van der Waals surface area contributed by atoms with E-state index in [1.807, 2.05) is 48.9 Å². The van der Waals surface area contributed by atoms with Crippen LogP contribution in [0.25, 0.3) is 10.9 Å². The molecule has 1 atom stereocenters. The van der Waals surface area contributed by atoms with Crippen molar-refractivity contribution in [3.8, 4) is 0 Å². The summed E-state index contributed by atoms with van der Waals surface area (Å²) in [6.07, 6.45) is 0.640. The first-order chi connectivity index (χ1) is 14.9. The Morgan fingerprint density at radius 1 is 1.23 bits per heavy atom. The van der Waals surface area contributed by atoms with Gasteiger partial charge in [-0.15, -0.1) is 0 Å². The van der Waals surface area contributed by atoms with Crippen molar-refractivity contribution >= 4 is 34.4 Å². The van der Waals surface area contributed by atoms with Crippen LogP contribution >= 0.6 is 11.6 Å². The molecule has 1 fully saturated rings. The fraction of sp³-hybridized carbons (Fsp3) is 0.333. The molecule has 1 unspecified atom stereocenters. The predicted molar refractivity (Wildman–Crippen MR) is 120 cm³/mol. The number of rotatable bonds is 5. The van der Waals surface area contributed by atoms with Gasteiger partial charge in [-0.25, -0.2) is 4.79 Å². The van der Waals surface area contributed by atoms with Crippen LogP contribution in [0.15, 0.2) is 42.5 Å². The Hall–Kier alpha value is -2.83. The van der Waals surface area contributed by atoms with E-state index in [0.717, 1.165) is 22.0 Å². The van der Waals surface area contributed by atoms with Crippen molar-refractivity contribution in [3.63, 3.8) is 0 Å². The van der Waals surface area contributed by atoms with Crippen LogP contribution in [0.2, 0.25) is 5.02 Å². The number of fused-ring (bicyclic) bond motifs is 1. The van der Waals surface area contributed by atoms with Gasteiger partial charge in [0.05, 0.1) is 29.3 Å². The first-order valence-corrected chi connectivity index (χ1v) is 10.7. The summed E-state index contributed by atoms with van der Waals surface area (Å²) in [5, 5.41) is 4.70. The summed E-state index contributed by atoms with van der Waals surface area (Å²) < 4.78 is 12.6. The third kappa shape index (κ3) is 3.82. The highest BCUT2D eigenvalue weighted by Crippen LogP contribution is 2.33. The molecule has 0 saturated carbocycles. The fourth-order valence-electron chi connectivity index (χ4n) is 4.09. The van der Waals surface area contributed by atoms with Crippen LogP contribution in [0.5, 0.6) is 0 Å². The van der Waals surface area contributed by atoms with Gasteiger partial charge >= 0.3 is 5.97 Å². The molecule has 1 aliphatic heterocycles. The van der Waals surface area contributed by atoms with Crippen molar-refractivity contribution in [2.45, 2.75) is 25.8 Å². The van der Waals surface area contributed by atoms with Gasteiger partial charge in [0.25, 0.3) is 5.91 Å².